The molecule has 0 aromatic heterocycles. The summed E-state index contributed by atoms with van der Waals surface area (Å²) in [5.74, 6) is -0.0322. The van der Waals surface area contributed by atoms with Gasteiger partial charge in [0.15, 0.2) is 0 Å². The molecule has 2 amide bonds. The lowest BCUT2D eigenvalue weighted by atomic mass is 10.0. The molecule has 1 N–H and O–H groups in total. The first-order valence-electron chi connectivity index (χ1n) is 9.52. The van der Waals surface area contributed by atoms with Crippen molar-refractivity contribution in [1.29, 1.82) is 0 Å². The second-order valence-corrected chi connectivity index (χ2v) is 6.83. The Morgan fingerprint density at radius 3 is 2.11 bits per heavy atom. The number of hydrogen-bond donors (Lipinski definition) is 1. The molecule has 3 rings (SSSR count). The van der Waals surface area contributed by atoms with Gasteiger partial charge in [0, 0.05) is 19.5 Å². The third-order valence-corrected chi connectivity index (χ3v) is 4.75. The number of benzene rings is 2. The third-order valence-electron chi connectivity index (χ3n) is 4.75. The zero-order valence-corrected chi connectivity index (χ0v) is 15.5. The van der Waals surface area contributed by atoms with Gasteiger partial charge in [-0.1, -0.05) is 60.7 Å². The Kier molecular flexibility index (Phi) is 6.85. The number of nitrogens with one attached hydrogen (secondary N) is 1. The summed E-state index contributed by atoms with van der Waals surface area (Å²) in [6, 6.07) is 18.6. The monoisotopic (exact) mass is 366 g/mol. The number of carbonyl (C=O) groups is 2. The van der Waals surface area contributed by atoms with Crippen LogP contribution in [0.3, 0.4) is 0 Å². The second kappa shape index (κ2) is 9.76. The molecule has 0 saturated carbocycles. The van der Waals surface area contributed by atoms with Crippen molar-refractivity contribution < 1.29 is 14.3 Å². The summed E-state index contributed by atoms with van der Waals surface area (Å²) in [6.07, 6.45) is 3.07. The Hall–Kier alpha value is -2.82. The topological polar surface area (TPSA) is 58.6 Å². The normalized spacial score (nSPS) is 15.0. The van der Waals surface area contributed by atoms with Crippen LogP contribution in [0.15, 0.2) is 60.7 Å². The van der Waals surface area contributed by atoms with Gasteiger partial charge in [-0.05, 0) is 30.4 Å². The van der Waals surface area contributed by atoms with Crippen molar-refractivity contribution in [3.05, 3.63) is 71.8 Å². The Balaban J connectivity index is 1.63. The number of amides is 2. The predicted octanol–water partition coefficient (Wildman–Crippen LogP) is 3.54. The number of ether oxygens (including phenoxy) is 1. The van der Waals surface area contributed by atoms with E-state index in [0.29, 0.717) is 6.42 Å². The molecule has 142 valence electrons. The van der Waals surface area contributed by atoms with E-state index in [4.69, 9.17) is 4.74 Å². The first kappa shape index (κ1) is 19.0. The van der Waals surface area contributed by atoms with Crippen molar-refractivity contribution in [2.45, 2.75) is 38.3 Å². The molecule has 0 bridgehead atoms. The van der Waals surface area contributed by atoms with Crippen LogP contribution < -0.4 is 5.32 Å². The van der Waals surface area contributed by atoms with Gasteiger partial charge in [0.05, 0.1) is 0 Å². The lowest BCUT2D eigenvalue weighted by Gasteiger charge is -2.30. The van der Waals surface area contributed by atoms with Gasteiger partial charge in [-0.25, -0.2) is 4.79 Å². The fourth-order valence-corrected chi connectivity index (χ4v) is 3.29. The van der Waals surface area contributed by atoms with Crippen LogP contribution in [0.1, 0.15) is 30.4 Å². The SMILES string of the molecule is O=C(N[C@@H](Cc1ccccc1)C(=O)N1CCCCC1)OCc1ccccc1. The van der Waals surface area contributed by atoms with E-state index in [9.17, 15) is 9.59 Å². The van der Waals surface area contributed by atoms with E-state index in [1.807, 2.05) is 65.6 Å². The lowest BCUT2D eigenvalue weighted by molar-refractivity contribution is -0.134. The predicted molar refractivity (Wildman–Crippen MR) is 104 cm³/mol. The van der Waals surface area contributed by atoms with Crippen LogP contribution in [-0.4, -0.2) is 36.0 Å². The van der Waals surface area contributed by atoms with Crippen LogP contribution in [0.5, 0.6) is 0 Å². The average Bonchev–Trinajstić information content (AvgIpc) is 2.73. The number of piperidine rings is 1. The van der Waals surface area contributed by atoms with Crippen LogP contribution in [0.25, 0.3) is 0 Å². The molecular formula is C22H26N2O3. The molecule has 1 saturated heterocycles. The summed E-state index contributed by atoms with van der Waals surface area (Å²) in [7, 11) is 0. The van der Waals surface area contributed by atoms with Gasteiger partial charge in [0.2, 0.25) is 5.91 Å². The minimum atomic E-state index is -0.617. The van der Waals surface area contributed by atoms with Crippen molar-refractivity contribution >= 4 is 12.0 Å². The van der Waals surface area contributed by atoms with Gasteiger partial charge in [0.1, 0.15) is 12.6 Å². The Bertz CT molecular complexity index is 728. The van der Waals surface area contributed by atoms with E-state index in [-0.39, 0.29) is 12.5 Å². The van der Waals surface area contributed by atoms with E-state index in [1.54, 1.807) is 0 Å². The molecule has 1 fully saturated rings. The maximum atomic E-state index is 13.0. The number of likely N-dealkylation sites (tertiary alicyclic amines) is 1. The van der Waals surface area contributed by atoms with E-state index < -0.39 is 12.1 Å². The first-order valence-corrected chi connectivity index (χ1v) is 9.52. The largest absolute Gasteiger partial charge is 0.445 e. The maximum absolute atomic E-state index is 13.0. The number of carbonyl (C=O) groups excluding carboxylic acids is 2. The van der Waals surface area contributed by atoms with Gasteiger partial charge < -0.3 is 15.0 Å². The number of hydrogen-bond acceptors (Lipinski definition) is 3. The molecule has 1 heterocycles. The molecule has 5 heteroatoms. The number of nitrogens with zero attached hydrogens (tertiary/aromatic N) is 1. The minimum Gasteiger partial charge on any atom is -0.445 e. The lowest BCUT2D eigenvalue weighted by Crippen LogP contribution is -2.51. The summed E-state index contributed by atoms with van der Waals surface area (Å²) >= 11 is 0. The highest BCUT2D eigenvalue weighted by Crippen LogP contribution is 2.13. The third kappa shape index (κ3) is 5.84. The second-order valence-electron chi connectivity index (χ2n) is 6.83. The van der Waals surface area contributed by atoms with Crippen molar-refractivity contribution in [1.82, 2.24) is 10.2 Å². The first-order chi connectivity index (χ1) is 13.2. The van der Waals surface area contributed by atoms with E-state index in [2.05, 4.69) is 5.32 Å². The fraction of sp³-hybridized carbons (Fsp3) is 0.364. The molecule has 1 aliphatic rings. The molecule has 1 aliphatic heterocycles. The molecule has 2 aromatic rings. The number of alkyl carbamates (subject to hydrolysis) is 1. The van der Waals surface area contributed by atoms with Gasteiger partial charge in [0.25, 0.3) is 0 Å². The summed E-state index contributed by atoms with van der Waals surface area (Å²) in [5, 5.41) is 2.78. The highest BCUT2D eigenvalue weighted by atomic mass is 16.5. The average molecular weight is 366 g/mol. The molecular weight excluding hydrogens is 340 g/mol. The van der Waals surface area contributed by atoms with E-state index in [1.165, 1.54) is 0 Å². The summed E-state index contributed by atoms with van der Waals surface area (Å²) in [5.41, 5.74) is 1.92. The van der Waals surface area contributed by atoms with Crippen LogP contribution in [0.2, 0.25) is 0 Å². The van der Waals surface area contributed by atoms with Crippen LogP contribution >= 0.6 is 0 Å². The maximum Gasteiger partial charge on any atom is 0.408 e. The Morgan fingerprint density at radius 1 is 0.889 bits per heavy atom. The Labute approximate surface area is 160 Å². The van der Waals surface area contributed by atoms with Gasteiger partial charge in [-0.15, -0.1) is 0 Å². The molecule has 0 spiro atoms. The smallest absolute Gasteiger partial charge is 0.408 e. The van der Waals surface area contributed by atoms with Crippen molar-refractivity contribution in [2.24, 2.45) is 0 Å². The van der Waals surface area contributed by atoms with Gasteiger partial charge in [-0.2, -0.15) is 0 Å². The molecule has 1 atom stereocenters. The van der Waals surface area contributed by atoms with Crippen LogP contribution in [-0.2, 0) is 22.6 Å². The van der Waals surface area contributed by atoms with E-state index >= 15 is 0 Å². The molecule has 2 aromatic carbocycles. The molecule has 27 heavy (non-hydrogen) atoms. The van der Waals surface area contributed by atoms with Gasteiger partial charge in [-0.3, -0.25) is 4.79 Å². The number of rotatable bonds is 6. The quantitative estimate of drug-likeness (QED) is 0.851. The standard InChI is InChI=1S/C22H26N2O3/c25-21(24-14-8-3-9-15-24)20(16-18-10-4-1-5-11-18)23-22(26)27-17-19-12-6-2-7-13-19/h1-2,4-7,10-13,20H,3,8-9,14-17H2,(H,23,26)/t20-/m0/s1. The van der Waals surface area contributed by atoms with Crippen molar-refractivity contribution in [3.63, 3.8) is 0 Å². The van der Waals surface area contributed by atoms with Crippen molar-refractivity contribution in [3.8, 4) is 0 Å². The zero-order valence-electron chi connectivity index (χ0n) is 15.5. The molecule has 0 radical (unpaired) electrons. The summed E-state index contributed by atoms with van der Waals surface area (Å²) in [4.78, 5) is 27.1. The zero-order chi connectivity index (χ0) is 18.9. The fourth-order valence-electron chi connectivity index (χ4n) is 3.29. The molecule has 0 aliphatic carbocycles. The van der Waals surface area contributed by atoms with E-state index in [0.717, 1.165) is 43.5 Å². The van der Waals surface area contributed by atoms with Crippen LogP contribution in [0, 0.1) is 0 Å². The highest BCUT2D eigenvalue weighted by Gasteiger charge is 2.27. The summed E-state index contributed by atoms with van der Waals surface area (Å²) in [6.45, 7) is 1.69. The molecule has 5 nitrogen and oxygen atoms in total. The molecule has 0 unspecified atom stereocenters. The van der Waals surface area contributed by atoms with Crippen molar-refractivity contribution in [2.75, 3.05) is 13.1 Å². The highest BCUT2D eigenvalue weighted by molar-refractivity contribution is 5.86. The summed E-state index contributed by atoms with van der Waals surface area (Å²) < 4.78 is 5.31. The Morgan fingerprint density at radius 2 is 1.48 bits per heavy atom. The minimum absolute atomic E-state index is 0.0322. The van der Waals surface area contributed by atoms with Gasteiger partial charge >= 0.3 is 6.09 Å². The van der Waals surface area contributed by atoms with Crippen LogP contribution in [0.4, 0.5) is 4.79 Å².